The van der Waals surface area contributed by atoms with Gasteiger partial charge in [0.05, 0.1) is 6.10 Å². The van der Waals surface area contributed by atoms with E-state index in [1.54, 1.807) is 11.8 Å². The molecule has 0 spiro atoms. The van der Waals surface area contributed by atoms with Crippen LogP contribution in [0, 0.1) is 0 Å². The summed E-state index contributed by atoms with van der Waals surface area (Å²) >= 11 is 1.80. The lowest BCUT2D eigenvalue weighted by molar-refractivity contribution is 0.175. The molecule has 2 aromatic carbocycles. The molecule has 3 rings (SSSR count). The Morgan fingerprint density at radius 3 is 2.58 bits per heavy atom. The summed E-state index contributed by atoms with van der Waals surface area (Å²) in [6.07, 6.45) is 1.61. The van der Waals surface area contributed by atoms with Crippen LogP contribution >= 0.6 is 11.8 Å². The minimum absolute atomic E-state index is 0.241. The van der Waals surface area contributed by atoms with Crippen LogP contribution in [-0.4, -0.2) is 10.4 Å². The molecule has 1 heterocycles. The Bertz CT molecular complexity index is 537. The minimum atomic E-state index is -0.386. The van der Waals surface area contributed by atoms with Gasteiger partial charge in [0.15, 0.2) is 0 Å². The lowest BCUT2D eigenvalue weighted by Crippen LogP contribution is -2.14. The molecule has 0 radical (unpaired) electrons. The molecule has 2 heteroatoms. The number of benzene rings is 2. The van der Waals surface area contributed by atoms with Crippen molar-refractivity contribution in [2.75, 3.05) is 0 Å². The predicted molar refractivity (Wildman–Crippen MR) is 80.6 cm³/mol. The Kier molecular flexibility index (Phi) is 3.63. The molecular formula is C17H18OS. The average molecular weight is 270 g/mol. The molecule has 0 aromatic heterocycles. The lowest BCUT2D eigenvalue weighted by atomic mass is 10.00. The summed E-state index contributed by atoms with van der Waals surface area (Å²) in [6, 6.07) is 16.8. The maximum Gasteiger partial charge on any atom is 0.0915 e. The zero-order valence-corrected chi connectivity index (χ0v) is 11.9. The first-order valence-corrected chi connectivity index (χ1v) is 7.67. The van der Waals surface area contributed by atoms with E-state index in [0.717, 1.165) is 18.4 Å². The molecule has 0 bridgehead atoms. The summed E-state index contributed by atoms with van der Waals surface area (Å²) in [7, 11) is 0. The molecule has 1 aliphatic heterocycles. The number of hydrogen-bond acceptors (Lipinski definition) is 2. The van der Waals surface area contributed by atoms with Crippen molar-refractivity contribution in [3.63, 3.8) is 0 Å². The summed E-state index contributed by atoms with van der Waals surface area (Å²) in [5, 5.41) is 10.8. The van der Waals surface area contributed by atoms with Gasteiger partial charge in [-0.3, -0.25) is 0 Å². The molecule has 0 amide bonds. The van der Waals surface area contributed by atoms with Crippen LogP contribution < -0.4 is 0 Å². The normalized spacial score (nSPS) is 19.2. The fraction of sp³-hybridized carbons (Fsp3) is 0.294. The van der Waals surface area contributed by atoms with E-state index in [2.05, 4.69) is 55.5 Å². The van der Waals surface area contributed by atoms with Crippen molar-refractivity contribution in [3.8, 4) is 0 Å². The average Bonchev–Trinajstić information content (AvgIpc) is 2.90. The Morgan fingerprint density at radius 1 is 1.16 bits per heavy atom. The van der Waals surface area contributed by atoms with E-state index in [-0.39, 0.29) is 11.4 Å². The third kappa shape index (κ3) is 2.56. The van der Waals surface area contributed by atoms with E-state index in [9.17, 15) is 5.11 Å². The van der Waals surface area contributed by atoms with Crippen molar-refractivity contribution < 1.29 is 5.11 Å². The van der Waals surface area contributed by atoms with E-state index in [4.69, 9.17) is 0 Å². The number of rotatable bonds is 3. The molecule has 2 atom stereocenters. The Hall–Kier alpha value is -1.25. The highest BCUT2D eigenvalue weighted by Gasteiger charge is 2.28. The second-order valence-corrected chi connectivity index (χ2v) is 6.29. The number of aliphatic hydroxyl groups excluding tert-OH is 1. The van der Waals surface area contributed by atoms with Crippen molar-refractivity contribution in [2.45, 2.75) is 36.0 Å². The van der Waals surface area contributed by atoms with Gasteiger partial charge >= 0.3 is 0 Å². The zero-order valence-electron chi connectivity index (χ0n) is 11.0. The van der Waals surface area contributed by atoms with Crippen molar-refractivity contribution in [1.82, 2.24) is 0 Å². The highest BCUT2D eigenvalue weighted by Crippen LogP contribution is 2.42. The Balaban J connectivity index is 1.77. The molecule has 1 N–H and O–H groups in total. The number of thioether (sulfide) groups is 1. The van der Waals surface area contributed by atoms with Crippen LogP contribution in [0.2, 0.25) is 0 Å². The fourth-order valence-electron chi connectivity index (χ4n) is 2.55. The quantitative estimate of drug-likeness (QED) is 0.909. The van der Waals surface area contributed by atoms with Gasteiger partial charge in [-0.05, 0) is 35.6 Å². The van der Waals surface area contributed by atoms with Gasteiger partial charge in [-0.15, -0.1) is 11.8 Å². The van der Waals surface area contributed by atoms with Gasteiger partial charge in [-0.1, -0.05) is 49.4 Å². The van der Waals surface area contributed by atoms with Gasteiger partial charge in [-0.25, -0.2) is 0 Å². The van der Waals surface area contributed by atoms with E-state index < -0.39 is 0 Å². The molecule has 1 nitrogen and oxygen atoms in total. The van der Waals surface area contributed by atoms with Crippen LogP contribution in [0.4, 0.5) is 0 Å². The molecule has 1 aliphatic rings. The minimum Gasteiger partial charge on any atom is -0.387 e. The van der Waals surface area contributed by atoms with Crippen LogP contribution in [0.1, 0.15) is 29.7 Å². The maximum atomic E-state index is 10.5. The lowest BCUT2D eigenvalue weighted by Gasteiger charge is -2.17. The molecule has 98 valence electrons. The molecule has 0 aliphatic carbocycles. The van der Waals surface area contributed by atoms with Gasteiger partial charge in [0.2, 0.25) is 0 Å². The molecular weight excluding hydrogens is 252 g/mol. The number of aryl methyl sites for hydroxylation is 1. The number of hydrogen-bond donors (Lipinski definition) is 1. The van der Waals surface area contributed by atoms with Crippen molar-refractivity contribution in [2.24, 2.45) is 0 Å². The zero-order chi connectivity index (χ0) is 13.2. The van der Waals surface area contributed by atoms with Crippen molar-refractivity contribution in [3.05, 3.63) is 65.2 Å². The number of fused-ring (bicyclic) bond motifs is 1. The second kappa shape index (κ2) is 5.40. The first-order chi connectivity index (χ1) is 9.28. The van der Waals surface area contributed by atoms with Crippen molar-refractivity contribution >= 4 is 11.8 Å². The van der Waals surface area contributed by atoms with Gasteiger partial charge < -0.3 is 5.11 Å². The smallest absolute Gasteiger partial charge is 0.0915 e. The SMILES string of the molecule is CCc1ccc(C(O)C2Cc3ccccc3S2)cc1. The third-order valence-corrected chi connectivity index (χ3v) is 5.13. The topological polar surface area (TPSA) is 20.2 Å². The van der Waals surface area contributed by atoms with Crippen LogP contribution in [0.5, 0.6) is 0 Å². The Labute approximate surface area is 118 Å². The maximum absolute atomic E-state index is 10.5. The van der Waals surface area contributed by atoms with Crippen LogP contribution in [0.3, 0.4) is 0 Å². The highest BCUT2D eigenvalue weighted by molar-refractivity contribution is 8.00. The van der Waals surface area contributed by atoms with E-state index in [0.29, 0.717) is 0 Å². The summed E-state index contributed by atoms with van der Waals surface area (Å²) in [6.45, 7) is 2.15. The van der Waals surface area contributed by atoms with Gasteiger partial charge in [-0.2, -0.15) is 0 Å². The van der Waals surface area contributed by atoms with E-state index >= 15 is 0 Å². The molecule has 19 heavy (non-hydrogen) atoms. The first-order valence-electron chi connectivity index (χ1n) is 6.79. The van der Waals surface area contributed by atoms with Gasteiger partial charge in [0.1, 0.15) is 0 Å². The second-order valence-electron chi connectivity index (χ2n) is 5.01. The highest BCUT2D eigenvalue weighted by atomic mass is 32.2. The molecule has 0 saturated carbocycles. The molecule has 0 fully saturated rings. The number of aliphatic hydroxyl groups is 1. The monoisotopic (exact) mass is 270 g/mol. The molecule has 2 aromatic rings. The standard InChI is InChI=1S/C17H18OS/c1-2-12-7-9-13(10-8-12)17(18)16-11-14-5-3-4-6-15(14)19-16/h3-10,16-18H,2,11H2,1H3. The molecule has 0 saturated heterocycles. The summed E-state index contributed by atoms with van der Waals surface area (Å²) in [4.78, 5) is 1.32. The van der Waals surface area contributed by atoms with Gasteiger partial charge in [0, 0.05) is 10.1 Å². The van der Waals surface area contributed by atoms with Crippen LogP contribution in [0.15, 0.2) is 53.4 Å². The summed E-state index contributed by atoms with van der Waals surface area (Å²) < 4.78 is 0. The van der Waals surface area contributed by atoms with Crippen molar-refractivity contribution in [1.29, 1.82) is 0 Å². The summed E-state index contributed by atoms with van der Waals surface area (Å²) in [5.74, 6) is 0. The predicted octanol–water partition coefficient (Wildman–Crippen LogP) is 4.00. The third-order valence-electron chi connectivity index (χ3n) is 3.75. The van der Waals surface area contributed by atoms with E-state index in [1.165, 1.54) is 16.0 Å². The fourth-order valence-corrected chi connectivity index (χ4v) is 3.89. The summed E-state index contributed by atoms with van der Waals surface area (Å²) in [5.41, 5.74) is 3.71. The first kappa shape index (κ1) is 12.8. The molecule has 2 unspecified atom stereocenters. The van der Waals surface area contributed by atoms with Crippen LogP contribution in [-0.2, 0) is 12.8 Å². The largest absolute Gasteiger partial charge is 0.387 e. The Morgan fingerprint density at radius 2 is 1.89 bits per heavy atom. The van der Waals surface area contributed by atoms with Gasteiger partial charge in [0.25, 0.3) is 0 Å². The van der Waals surface area contributed by atoms with E-state index in [1.807, 2.05) is 0 Å². The van der Waals surface area contributed by atoms with Crippen LogP contribution in [0.25, 0.3) is 0 Å².